The first kappa shape index (κ1) is 44.2. The van der Waals surface area contributed by atoms with Gasteiger partial charge in [0.25, 0.3) is 0 Å². The monoisotopic (exact) mass is 955 g/mol. The van der Waals surface area contributed by atoms with Crippen molar-refractivity contribution in [1.82, 2.24) is 19.9 Å². The highest BCUT2D eigenvalue weighted by molar-refractivity contribution is 6.34. The van der Waals surface area contributed by atoms with Gasteiger partial charge in [-0.15, -0.1) is 0 Å². The fourth-order valence-corrected chi connectivity index (χ4v) is 9.95. The Kier molecular flexibility index (Phi) is 11.1. The fourth-order valence-electron chi connectivity index (χ4n) is 9.44. The minimum atomic E-state index is -4.74. The van der Waals surface area contributed by atoms with Crippen LogP contribution < -0.4 is 30.1 Å². The maximum Gasteiger partial charge on any atom is 0.416 e. The molecule has 3 fully saturated rings. The van der Waals surface area contributed by atoms with E-state index in [1.807, 2.05) is 4.90 Å². The minimum absolute atomic E-state index is 0.0187. The molecule has 2 aromatic carbocycles. The van der Waals surface area contributed by atoms with Gasteiger partial charge in [0, 0.05) is 36.8 Å². The molecule has 0 saturated carbocycles. The van der Waals surface area contributed by atoms with Gasteiger partial charge >= 0.3 is 18.4 Å². The number of urea groups is 1. The molecule has 13 nitrogen and oxygen atoms in total. The van der Waals surface area contributed by atoms with Crippen LogP contribution in [0.15, 0.2) is 67.0 Å². The second kappa shape index (κ2) is 16.6. The number of rotatable bonds is 7. The number of pyridine rings is 2. The van der Waals surface area contributed by atoms with E-state index in [1.54, 1.807) is 26.0 Å². The summed E-state index contributed by atoms with van der Waals surface area (Å²) in [7, 11) is 0. The normalized spacial score (nSPS) is 22.1. The molecule has 3 saturated heterocycles. The quantitative estimate of drug-likeness (QED) is 0.151. The number of alkyl halides is 6. The zero-order valence-electron chi connectivity index (χ0n) is 35.3. The number of carbonyl (C=O) groups is 1. The van der Waals surface area contributed by atoms with Gasteiger partial charge in [0.05, 0.1) is 75.0 Å². The molecule has 2 amide bonds. The van der Waals surface area contributed by atoms with Gasteiger partial charge in [-0.3, -0.25) is 10.2 Å². The topological polar surface area (TPSA) is 130 Å². The lowest BCUT2D eigenvalue weighted by atomic mass is 9.87. The Bertz CT molecular complexity index is 2710. The Labute approximate surface area is 384 Å². The number of ether oxygens (including phenoxy) is 3. The number of nitrogens with one attached hydrogen (secondary N) is 2. The van der Waals surface area contributed by atoms with Crippen molar-refractivity contribution in [3.8, 4) is 28.3 Å². The van der Waals surface area contributed by atoms with Crippen molar-refractivity contribution in [3.63, 3.8) is 0 Å². The van der Waals surface area contributed by atoms with Crippen molar-refractivity contribution in [2.75, 3.05) is 58.2 Å². The first-order chi connectivity index (χ1) is 31.4. The number of benzene rings is 2. The van der Waals surface area contributed by atoms with Crippen molar-refractivity contribution in [3.05, 3.63) is 93.7 Å². The zero-order valence-corrected chi connectivity index (χ0v) is 36.8. The number of piperidine rings is 2. The molecule has 0 radical (unpaired) electrons. The Hall–Kier alpha value is -5.63. The molecule has 0 aliphatic carbocycles. The summed E-state index contributed by atoms with van der Waals surface area (Å²) < 4.78 is 103. The number of hydrogen-bond acceptors (Lipinski definition) is 11. The molecule has 5 aliphatic heterocycles. The molecule has 2 N–H and O–H groups in total. The molecule has 21 heteroatoms. The number of anilines is 5. The average molecular weight is 957 g/mol. The fraction of sp³-hybridized carbons (Fsp3) is 0.400. The highest BCUT2D eigenvalue weighted by Crippen LogP contribution is 2.50. The number of fused-ring (bicyclic) bond motifs is 8. The third kappa shape index (κ3) is 8.61. The number of amides is 2. The van der Waals surface area contributed by atoms with Crippen LogP contribution >= 0.6 is 23.2 Å². The smallest absolute Gasteiger partial charge is 0.416 e. The molecule has 10 rings (SSSR count). The van der Waals surface area contributed by atoms with E-state index in [9.17, 15) is 31.1 Å². The maximum absolute atomic E-state index is 14.8. The minimum Gasteiger partial charge on any atom is -0.488 e. The number of hydrogen-bond donors (Lipinski definition) is 2. The number of aromatic nitrogens is 4. The van der Waals surface area contributed by atoms with Crippen LogP contribution in [0.4, 0.5) is 60.1 Å². The molecule has 5 aliphatic rings. The number of carbonyl (C=O) groups excluding carboxylic acids is 1. The lowest BCUT2D eigenvalue weighted by Crippen LogP contribution is -2.57. The van der Waals surface area contributed by atoms with Gasteiger partial charge in [0.2, 0.25) is 5.95 Å². The molecule has 5 aromatic rings. The van der Waals surface area contributed by atoms with E-state index in [2.05, 4.69) is 25.5 Å². The molecule has 0 spiro atoms. The van der Waals surface area contributed by atoms with E-state index in [1.165, 1.54) is 35.5 Å². The third-order valence-electron chi connectivity index (χ3n) is 12.4. The molecule has 8 heterocycles. The Morgan fingerprint density at radius 3 is 2.35 bits per heavy atom. The van der Waals surface area contributed by atoms with Crippen LogP contribution in [0.1, 0.15) is 62.3 Å². The van der Waals surface area contributed by atoms with Gasteiger partial charge in [-0.25, -0.2) is 24.7 Å². The van der Waals surface area contributed by atoms with Gasteiger partial charge < -0.3 is 29.3 Å². The summed E-state index contributed by atoms with van der Waals surface area (Å²) >= 11 is 13.7. The van der Waals surface area contributed by atoms with E-state index in [4.69, 9.17) is 47.4 Å². The van der Waals surface area contributed by atoms with E-state index in [0.717, 1.165) is 55.9 Å². The van der Waals surface area contributed by atoms with Crippen LogP contribution in [0.2, 0.25) is 10.0 Å². The van der Waals surface area contributed by atoms with Gasteiger partial charge in [-0.2, -0.15) is 26.3 Å². The molecule has 66 heavy (non-hydrogen) atoms. The summed E-state index contributed by atoms with van der Waals surface area (Å²) in [6.07, 6.45) is -4.50. The van der Waals surface area contributed by atoms with Gasteiger partial charge in [0.15, 0.2) is 23.2 Å². The van der Waals surface area contributed by atoms with Crippen LogP contribution in [-0.2, 0) is 21.8 Å². The molecular weight excluding hydrogens is 915 g/mol. The summed E-state index contributed by atoms with van der Waals surface area (Å²) in [4.78, 5) is 37.8. The van der Waals surface area contributed by atoms with Gasteiger partial charge in [0.1, 0.15) is 12.7 Å². The van der Waals surface area contributed by atoms with Crippen molar-refractivity contribution < 1.29 is 45.3 Å². The highest BCUT2D eigenvalue weighted by atomic mass is 35.5. The predicted octanol–water partition coefficient (Wildman–Crippen LogP) is 10.6. The SMILES string of the molecule is CC1(C)OC[C@H](COc2cnc(NC(=O)N3c4nc(-c5cccc(C(F)(F)F)c5)c(Cl)cc4N4C[C@@H]3CCC4c3cc(-c4nc5c(cc4Cl)N4CCC[C@@H](C4)N5)cc(C(F)(F)F)c3)nc2)O1. The summed E-state index contributed by atoms with van der Waals surface area (Å²) in [5.74, 6) is 0.0578. The second-order valence-corrected chi connectivity index (χ2v) is 18.2. The Morgan fingerprint density at radius 2 is 1.62 bits per heavy atom. The summed E-state index contributed by atoms with van der Waals surface area (Å²) in [6, 6.07) is 9.59. The standard InChI is InChI=1S/C45H41Cl2F6N9O4/c1-43(2)65-22-31(66-43)21-64-30-17-54-41(55-18-30)59-42(63)62-29-8-9-34(61(20-29)36-16-33(47)37(58-40(36)62)23-5-3-6-26(12-23)44(48,49)50)24-11-25(14-27(13-24)45(51,52)53)38-32(46)15-35-39(57-38)56-28-7-4-10-60(35)19-28/h3,5-6,11-18,28-29,31,34H,4,7-10,19-22H2,1-2H3,(H,56,57)(H,54,55,59,63)/t28-,29-,31-,34?/m0/s1. The average Bonchev–Trinajstić information content (AvgIpc) is 3.63. The maximum atomic E-state index is 14.8. The van der Waals surface area contributed by atoms with Crippen LogP contribution in [0.25, 0.3) is 22.5 Å². The third-order valence-corrected chi connectivity index (χ3v) is 13.0. The summed E-state index contributed by atoms with van der Waals surface area (Å²) in [5.41, 5.74) is -0.140. The lowest BCUT2D eigenvalue weighted by Gasteiger charge is -2.50. The largest absolute Gasteiger partial charge is 0.488 e. The number of nitrogens with zero attached hydrogens (tertiary/aromatic N) is 7. The van der Waals surface area contributed by atoms with E-state index >= 15 is 0 Å². The first-order valence-electron chi connectivity index (χ1n) is 21.3. The molecule has 3 aromatic heterocycles. The predicted molar refractivity (Wildman–Crippen MR) is 235 cm³/mol. The van der Waals surface area contributed by atoms with Crippen molar-refractivity contribution in [2.24, 2.45) is 0 Å². The zero-order chi connectivity index (χ0) is 46.3. The van der Waals surface area contributed by atoms with Crippen LogP contribution in [-0.4, -0.2) is 82.8 Å². The summed E-state index contributed by atoms with van der Waals surface area (Å²) in [6.45, 7) is 5.83. The molecule has 4 atom stereocenters. The second-order valence-electron chi connectivity index (χ2n) is 17.4. The first-order valence-corrected chi connectivity index (χ1v) is 22.1. The molecular formula is C45H41Cl2F6N9O4. The van der Waals surface area contributed by atoms with Crippen LogP contribution in [0, 0.1) is 0 Å². The molecule has 1 unspecified atom stereocenters. The molecule has 346 valence electrons. The molecule has 4 bridgehead atoms. The highest BCUT2D eigenvalue weighted by Gasteiger charge is 2.44. The van der Waals surface area contributed by atoms with E-state index < -0.39 is 47.4 Å². The van der Waals surface area contributed by atoms with Crippen LogP contribution in [0.3, 0.4) is 0 Å². The van der Waals surface area contributed by atoms with Crippen molar-refractivity contribution >= 4 is 58.2 Å². The Balaban J connectivity index is 1.01. The van der Waals surface area contributed by atoms with Gasteiger partial charge in [-0.05, 0) is 87.6 Å². The van der Waals surface area contributed by atoms with E-state index in [0.29, 0.717) is 30.2 Å². The van der Waals surface area contributed by atoms with Gasteiger partial charge in [-0.1, -0.05) is 35.3 Å². The lowest BCUT2D eigenvalue weighted by molar-refractivity contribution is -0.141. The Morgan fingerprint density at radius 1 is 0.894 bits per heavy atom. The summed E-state index contributed by atoms with van der Waals surface area (Å²) in [5, 5.41) is 6.28. The number of halogens is 8. The van der Waals surface area contributed by atoms with E-state index in [-0.39, 0.29) is 81.7 Å². The van der Waals surface area contributed by atoms with Crippen LogP contribution in [0.5, 0.6) is 5.75 Å². The van der Waals surface area contributed by atoms with Crippen molar-refractivity contribution in [2.45, 2.75) is 81.9 Å². The van der Waals surface area contributed by atoms with Crippen molar-refractivity contribution in [1.29, 1.82) is 0 Å².